The summed E-state index contributed by atoms with van der Waals surface area (Å²) >= 11 is 5.59. The van der Waals surface area contributed by atoms with Crippen molar-refractivity contribution in [2.24, 2.45) is 5.92 Å². The number of benzene rings is 1. The van der Waals surface area contributed by atoms with Crippen molar-refractivity contribution in [1.82, 2.24) is 5.32 Å². The van der Waals surface area contributed by atoms with E-state index in [2.05, 4.69) is 5.32 Å². The van der Waals surface area contributed by atoms with Crippen molar-refractivity contribution in [3.05, 3.63) is 35.6 Å². The highest BCUT2D eigenvalue weighted by atomic mass is 35.5. The third-order valence-corrected chi connectivity index (χ3v) is 2.54. The number of rotatable bonds is 5. The largest absolute Gasteiger partial charge is 0.352 e. The highest BCUT2D eigenvalue weighted by Crippen LogP contribution is 2.04. The summed E-state index contributed by atoms with van der Waals surface area (Å²) < 4.78 is 12.6. The highest BCUT2D eigenvalue weighted by Gasteiger charge is 2.07. The fourth-order valence-corrected chi connectivity index (χ4v) is 1.63. The molecule has 2 nitrogen and oxygen atoms in total. The molecule has 0 heterocycles. The van der Waals surface area contributed by atoms with E-state index in [1.165, 1.54) is 24.3 Å². The van der Waals surface area contributed by atoms with Gasteiger partial charge in [0.15, 0.2) is 0 Å². The van der Waals surface area contributed by atoms with Crippen LogP contribution in [-0.4, -0.2) is 18.3 Å². The Morgan fingerprint density at radius 2 is 2.06 bits per heavy atom. The lowest BCUT2D eigenvalue weighted by Gasteiger charge is -2.10. The third-order valence-electron chi connectivity index (χ3n) is 2.32. The number of nitrogens with one attached hydrogen (secondary N) is 1. The second-order valence-corrected chi connectivity index (χ2v) is 4.18. The maximum absolute atomic E-state index is 12.6. The van der Waals surface area contributed by atoms with Crippen LogP contribution in [-0.2, 0) is 0 Å². The molecule has 0 aliphatic heterocycles. The molecule has 16 heavy (non-hydrogen) atoms. The van der Waals surface area contributed by atoms with Crippen LogP contribution in [0.15, 0.2) is 24.3 Å². The smallest absolute Gasteiger partial charge is 0.251 e. The maximum Gasteiger partial charge on any atom is 0.251 e. The first-order valence-electron chi connectivity index (χ1n) is 5.23. The van der Waals surface area contributed by atoms with Crippen molar-refractivity contribution in [1.29, 1.82) is 0 Å². The van der Waals surface area contributed by atoms with Crippen LogP contribution in [0.25, 0.3) is 0 Å². The molecule has 0 saturated heterocycles. The molecule has 0 fully saturated rings. The van der Waals surface area contributed by atoms with E-state index < -0.39 is 0 Å². The predicted octanol–water partition coefficient (Wildman–Crippen LogP) is 2.82. The second-order valence-electron chi connectivity index (χ2n) is 3.80. The van der Waals surface area contributed by atoms with Gasteiger partial charge in [0.2, 0.25) is 0 Å². The number of alkyl halides is 1. The van der Waals surface area contributed by atoms with Gasteiger partial charge in [0.25, 0.3) is 5.91 Å². The quantitative estimate of drug-likeness (QED) is 0.792. The standard InChI is InChI=1S/C12H15ClFNO/c1-9(6-7-13)8-15-12(16)10-2-4-11(14)5-3-10/h2-5,9H,6-8H2,1H3,(H,15,16). The minimum atomic E-state index is -0.341. The van der Waals surface area contributed by atoms with Crippen molar-refractivity contribution in [2.45, 2.75) is 13.3 Å². The van der Waals surface area contributed by atoms with Crippen LogP contribution in [0, 0.1) is 11.7 Å². The first-order chi connectivity index (χ1) is 7.63. The zero-order valence-electron chi connectivity index (χ0n) is 9.17. The van der Waals surface area contributed by atoms with Crippen LogP contribution in [0.1, 0.15) is 23.7 Å². The van der Waals surface area contributed by atoms with Crippen molar-refractivity contribution in [3.8, 4) is 0 Å². The van der Waals surface area contributed by atoms with E-state index >= 15 is 0 Å². The van der Waals surface area contributed by atoms with E-state index in [1.807, 2.05) is 6.92 Å². The molecule has 4 heteroatoms. The second kappa shape index (κ2) is 6.48. The average molecular weight is 244 g/mol. The molecule has 1 N–H and O–H groups in total. The fraction of sp³-hybridized carbons (Fsp3) is 0.417. The van der Waals surface area contributed by atoms with E-state index in [1.54, 1.807) is 0 Å². The van der Waals surface area contributed by atoms with Crippen molar-refractivity contribution in [2.75, 3.05) is 12.4 Å². The molecule has 1 aromatic carbocycles. The Hall–Kier alpha value is -1.09. The summed E-state index contributed by atoms with van der Waals surface area (Å²) in [5.74, 6) is 0.420. The third kappa shape index (κ3) is 4.19. The summed E-state index contributed by atoms with van der Waals surface area (Å²) in [6.45, 7) is 2.61. The van der Waals surface area contributed by atoms with E-state index in [0.29, 0.717) is 23.9 Å². The number of amides is 1. The van der Waals surface area contributed by atoms with Gasteiger partial charge in [0, 0.05) is 18.0 Å². The zero-order chi connectivity index (χ0) is 12.0. The van der Waals surface area contributed by atoms with Gasteiger partial charge in [-0.2, -0.15) is 0 Å². The lowest BCUT2D eigenvalue weighted by molar-refractivity contribution is 0.0948. The van der Waals surface area contributed by atoms with Crippen LogP contribution in [0.5, 0.6) is 0 Å². The highest BCUT2D eigenvalue weighted by molar-refractivity contribution is 6.17. The molecule has 1 aromatic rings. The molecule has 1 rings (SSSR count). The van der Waals surface area contributed by atoms with Crippen molar-refractivity contribution >= 4 is 17.5 Å². The van der Waals surface area contributed by atoms with Gasteiger partial charge in [0.05, 0.1) is 0 Å². The summed E-state index contributed by atoms with van der Waals surface area (Å²) in [5, 5.41) is 2.78. The molecule has 0 aliphatic carbocycles. The van der Waals surface area contributed by atoms with Gasteiger partial charge in [-0.15, -0.1) is 11.6 Å². The first-order valence-corrected chi connectivity index (χ1v) is 5.76. The van der Waals surface area contributed by atoms with E-state index in [-0.39, 0.29) is 11.7 Å². The molecule has 0 aromatic heterocycles. The van der Waals surface area contributed by atoms with Crippen molar-refractivity contribution in [3.63, 3.8) is 0 Å². The minimum Gasteiger partial charge on any atom is -0.352 e. The first kappa shape index (κ1) is 13.0. The fourth-order valence-electron chi connectivity index (χ4n) is 1.26. The summed E-state index contributed by atoms with van der Waals surface area (Å²) in [6.07, 6.45) is 0.866. The number of hydrogen-bond acceptors (Lipinski definition) is 1. The van der Waals surface area contributed by atoms with Gasteiger partial charge in [-0.25, -0.2) is 4.39 Å². The molecule has 0 bridgehead atoms. The van der Waals surface area contributed by atoms with E-state index in [9.17, 15) is 9.18 Å². The zero-order valence-corrected chi connectivity index (χ0v) is 9.93. The lowest BCUT2D eigenvalue weighted by atomic mass is 10.1. The Morgan fingerprint density at radius 3 is 2.62 bits per heavy atom. The van der Waals surface area contributed by atoms with Crippen LogP contribution < -0.4 is 5.32 Å². The molecule has 1 unspecified atom stereocenters. The number of carbonyl (C=O) groups is 1. The molecule has 0 spiro atoms. The summed E-state index contributed by atoms with van der Waals surface area (Å²) in [4.78, 5) is 11.6. The molecule has 0 radical (unpaired) electrons. The topological polar surface area (TPSA) is 29.1 Å². The summed E-state index contributed by atoms with van der Waals surface area (Å²) in [5.41, 5.74) is 0.472. The van der Waals surface area contributed by atoms with Gasteiger partial charge >= 0.3 is 0 Å². The normalized spacial score (nSPS) is 12.2. The Morgan fingerprint density at radius 1 is 1.44 bits per heavy atom. The average Bonchev–Trinajstić information content (AvgIpc) is 2.27. The number of carbonyl (C=O) groups excluding carboxylic acids is 1. The molecule has 1 atom stereocenters. The van der Waals surface area contributed by atoms with E-state index in [0.717, 1.165) is 6.42 Å². The summed E-state index contributed by atoms with van der Waals surface area (Å²) in [7, 11) is 0. The Kier molecular flexibility index (Phi) is 5.26. The van der Waals surface area contributed by atoms with Gasteiger partial charge < -0.3 is 5.32 Å². The monoisotopic (exact) mass is 243 g/mol. The van der Waals surface area contributed by atoms with Gasteiger partial charge in [-0.3, -0.25) is 4.79 Å². The number of halogens is 2. The Labute approximate surface area is 99.8 Å². The molecule has 1 amide bonds. The van der Waals surface area contributed by atoms with Crippen LogP contribution in [0.4, 0.5) is 4.39 Å². The van der Waals surface area contributed by atoms with Gasteiger partial charge in [-0.1, -0.05) is 6.92 Å². The summed E-state index contributed by atoms with van der Waals surface area (Å²) in [6, 6.07) is 5.49. The lowest BCUT2D eigenvalue weighted by Crippen LogP contribution is -2.28. The molecule has 88 valence electrons. The Balaban J connectivity index is 2.43. The molecule has 0 saturated carbocycles. The van der Waals surface area contributed by atoms with Gasteiger partial charge in [0.1, 0.15) is 5.82 Å². The van der Waals surface area contributed by atoms with Crippen LogP contribution in [0.2, 0.25) is 0 Å². The molecular weight excluding hydrogens is 229 g/mol. The number of hydrogen-bond donors (Lipinski definition) is 1. The van der Waals surface area contributed by atoms with Crippen LogP contribution in [0.3, 0.4) is 0 Å². The minimum absolute atomic E-state index is 0.179. The predicted molar refractivity (Wildman–Crippen MR) is 63.2 cm³/mol. The maximum atomic E-state index is 12.6. The SMILES string of the molecule is CC(CCCl)CNC(=O)c1ccc(F)cc1. The molecule has 0 aliphatic rings. The van der Waals surface area contributed by atoms with Crippen molar-refractivity contribution < 1.29 is 9.18 Å². The Bertz CT molecular complexity index is 339. The molecular formula is C12H15ClFNO. The van der Waals surface area contributed by atoms with Gasteiger partial charge in [-0.05, 0) is 36.6 Å². The van der Waals surface area contributed by atoms with E-state index in [4.69, 9.17) is 11.6 Å². The van der Waals surface area contributed by atoms with Crippen LogP contribution >= 0.6 is 11.6 Å².